The summed E-state index contributed by atoms with van der Waals surface area (Å²) in [6.07, 6.45) is 2.88. The average Bonchev–Trinajstić information content (AvgIpc) is 2.73. The van der Waals surface area contributed by atoms with E-state index in [1.54, 1.807) is 38.1 Å². The van der Waals surface area contributed by atoms with Crippen molar-refractivity contribution >= 4 is 23.6 Å². The summed E-state index contributed by atoms with van der Waals surface area (Å²) in [6, 6.07) is 9.59. The van der Waals surface area contributed by atoms with Gasteiger partial charge < -0.3 is 20.7 Å². The van der Waals surface area contributed by atoms with Crippen LogP contribution in [0.3, 0.4) is 0 Å². The molecule has 1 aromatic rings. The molecule has 0 aliphatic heterocycles. The molecule has 8 heteroatoms. The fourth-order valence-electron chi connectivity index (χ4n) is 3.39. The minimum Gasteiger partial charge on any atom is -0.451 e. The van der Waals surface area contributed by atoms with E-state index < -0.39 is 35.6 Å². The fourth-order valence-corrected chi connectivity index (χ4v) is 3.39. The molecular formula is C22H30N4O4. The lowest BCUT2D eigenvalue weighted by Gasteiger charge is -2.32. The molecule has 1 aliphatic rings. The lowest BCUT2D eigenvalue weighted by molar-refractivity contribution is -0.158. The van der Waals surface area contributed by atoms with Crippen LogP contribution in [0.5, 0.6) is 0 Å². The summed E-state index contributed by atoms with van der Waals surface area (Å²) in [4.78, 5) is 37.4. The number of anilines is 1. The monoisotopic (exact) mass is 414 g/mol. The Morgan fingerprint density at radius 1 is 1.07 bits per heavy atom. The molecule has 30 heavy (non-hydrogen) atoms. The normalized spacial score (nSPS) is 17.2. The van der Waals surface area contributed by atoms with Crippen molar-refractivity contribution in [2.24, 2.45) is 5.92 Å². The average molecular weight is 415 g/mol. The molecule has 0 radical (unpaired) electrons. The van der Waals surface area contributed by atoms with E-state index in [9.17, 15) is 19.6 Å². The van der Waals surface area contributed by atoms with E-state index in [1.807, 2.05) is 6.07 Å². The summed E-state index contributed by atoms with van der Waals surface area (Å²) in [6.45, 7) is 5.00. The molecule has 1 aromatic carbocycles. The van der Waals surface area contributed by atoms with Crippen molar-refractivity contribution in [3.63, 3.8) is 0 Å². The molecule has 0 unspecified atom stereocenters. The second-order valence-electron chi connectivity index (χ2n) is 8.01. The molecular weight excluding hydrogens is 384 g/mol. The first-order valence-corrected chi connectivity index (χ1v) is 10.3. The molecule has 0 saturated heterocycles. The Balaban J connectivity index is 1.93. The number of hydrogen-bond acceptors (Lipinski definition) is 5. The van der Waals surface area contributed by atoms with Gasteiger partial charge in [-0.25, -0.2) is 9.59 Å². The molecule has 0 spiro atoms. The largest absolute Gasteiger partial charge is 0.451 e. The maximum Gasteiger partial charge on any atom is 0.329 e. The van der Waals surface area contributed by atoms with Gasteiger partial charge >= 0.3 is 12.0 Å². The first-order chi connectivity index (χ1) is 14.3. The summed E-state index contributed by atoms with van der Waals surface area (Å²) in [5.41, 5.74) is -0.311. The first-order valence-electron chi connectivity index (χ1n) is 10.3. The number of nitriles is 1. The van der Waals surface area contributed by atoms with Crippen molar-refractivity contribution in [1.29, 1.82) is 5.26 Å². The number of urea groups is 1. The number of ether oxygens (including phenoxy) is 1. The van der Waals surface area contributed by atoms with Gasteiger partial charge in [-0.05, 0) is 37.8 Å². The number of carbonyl (C=O) groups excluding carboxylic acids is 3. The van der Waals surface area contributed by atoms with E-state index in [-0.39, 0.29) is 5.92 Å². The van der Waals surface area contributed by atoms with Crippen LogP contribution in [0.25, 0.3) is 0 Å². The Kier molecular flexibility index (Phi) is 8.22. The zero-order chi connectivity index (χ0) is 22.1. The molecule has 162 valence electrons. The third-order valence-corrected chi connectivity index (χ3v) is 5.18. The van der Waals surface area contributed by atoms with E-state index >= 15 is 0 Å². The Morgan fingerprint density at radius 3 is 2.27 bits per heavy atom. The molecule has 3 N–H and O–H groups in total. The molecule has 2 rings (SSSR count). The number of hydrogen-bond donors (Lipinski definition) is 3. The smallest absolute Gasteiger partial charge is 0.329 e. The van der Waals surface area contributed by atoms with Crippen molar-refractivity contribution in [2.45, 2.75) is 70.6 Å². The van der Waals surface area contributed by atoms with Crippen LogP contribution in [0.4, 0.5) is 10.5 Å². The van der Waals surface area contributed by atoms with Crippen LogP contribution >= 0.6 is 0 Å². The van der Waals surface area contributed by atoms with E-state index in [0.717, 1.165) is 19.3 Å². The topological polar surface area (TPSA) is 120 Å². The third kappa shape index (κ3) is 6.48. The highest BCUT2D eigenvalue weighted by Gasteiger charge is 2.36. The van der Waals surface area contributed by atoms with Crippen LogP contribution in [-0.4, -0.2) is 35.6 Å². The number of benzene rings is 1. The molecule has 0 bridgehead atoms. The van der Waals surface area contributed by atoms with Gasteiger partial charge in [-0.15, -0.1) is 0 Å². The van der Waals surface area contributed by atoms with E-state index in [0.29, 0.717) is 18.5 Å². The highest BCUT2D eigenvalue weighted by molar-refractivity contribution is 5.93. The molecule has 8 nitrogen and oxygen atoms in total. The maximum atomic E-state index is 12.6. The van der Waals surface area contributed by atoms with Gasteiger partial charge in [0.25, 0.3) is 5.91 Å². The fraction of sp³-hybridized carbons (Fsp3) is 0.545. The highest BCUT2D eigenvalue weighted by atomic mass is 16.5. The predicted octanol–water partition coefficient (Wildman–Crippen LogP) is 3.11. The van der Waals surface area contributed by atoms with Gasteiger partial charge in [0.15, 0.2) is 6.10 Å². The Labute approximate surface area is 177 Å². The van der Waals surface area contributed by atoms with Crippen LogP contribution in [-0.2, 0) is 14.3 Å². The SMILES string of the molecule is CC(C)[C@H](NC(=O)Nc1ccccc1)C(=O)O[C@@H](C)C(=O)NC1(C#N)CCCCC1. The van der Waals surface area contributed by atoms with Gasteiger partial charge in [0.05, 0.1) is 6.07 Å². The first kappa shape index (κ1) is 23.2. The van der Waals surface area contributed by atoms with Crippen LogP contribution in [0.15, 0.2) is 30.3 Å². The number of nitrogens with one attached hydrogen (secondary N) is 3. The molecule has 3 amide bonds. The van der Waals surface area contributed by atoms with Gasteiger partial charge in [0.1, 0.15) is 11.6 Å². The number of nitrogens with zero attached hydrogens (tertiary/aromatic N) is 1. The van der Waals surface area contributed by atoms with E-state index in [1.165, 1.54) is 6.92 Å². The summed E-state index contributed by atoms with van der Waals surface area (Å²) in [5.74, 6) is -1.47. The zero-order valence-electron chi connectivity index (χ0n) is 17.7. The minimum atomic E-state index is -1.08. The van der Waals surface area contributed by atoms with Gasteiger partial charge in [0, 0.05) is 5.69 Å². The molecule has 0 heterocycles. The number of carbonyl (C=O) groups is 3. The second kappa shape index (κ2) is 10.6. The van der Waals surface area contributed by atoms with Gasteiger partial charge in [0.2, 0.25) is 0 Å². The number of para-hydroxylation sites is 1. The lowest BCUT2D eigenvalue weighted by atomic mass is 9.83. The quantitative estimate of drug-likeness (QED) is 0.592. The summed E-state index contributed by atoms with van der Waals surface area (Å²) in [7, 11) is 0. The molecule has 0 aromatic heterocycles. The van der Waals surface area contributed by atoms with Crippen LogP contribution in [0.1, 0.15) is 52.9 Å². The number of esters is 1. The van der Waals surface area contributed by atoms with Crippen molar-refractivity contribution in [1.82, 2.24) is 10.6 Å². The summed E-state index contributed by atoms with van der Waals surface area (Å²) in [5, 5.41) is 17.5. The predicted molar refractivity (Wildman–Crippen MR) is 112 cm³/mol. The van der Waals surface area contributed by atoms with Crippen LogP contribution in [0.2, 0.25) is 0 Å². The Hall–Kier alpha value is -3.08. The Bertz CT molecular complexity index is 782. The number of amides is 3. The minimum absolute atomic E-state index is 0.252. The molecule has 1 fully saturated rings. The van der Waals surface area contributed by atoms with Crippen LogP contribution < -0.4 is 16.0 Å². The zero-order valence-corrected chi connectivity index (χ0v) is 17.7. The van der Waals surface area contributed by atoms with Gasteiger partial charge in [-0.3, -0.25) is 4.79 Å². The second-order valence-corrected chi connectivity index (χ2v) is 8.01. The standard InChI is InChI=1S/C22H30N4O4/c1-15(2)18(25-21(29)24-17-10-6-4-7-11-17)20(28)30-16(3)19(27)26-22(14-23)12-8-5-9-13-22/h4,6-7,10-11,15-16,18H,5,8-9,12-13H2,1-3H3,(H,26,27)(H2,24,25,29)/t16-,18-/m0/s1. The van der Waals surface area contributed by atoms with Gasteiger partial charge in [-0.2, -0.15) is 5.26 Å². The van der Waals surface area contributed by atoms with Gasteiger partial charge in [-0.1, -0.05) is 51.3 Å². The van der Waals surface area contributed by atoms with Crippen LogP contribution in [0, 0.1) is 17.2 Å². The lowest BCUT2D eigenvalue weighted by Crippen LogP contribution is -2.53. The summed E-state index contributed by atoms with van der Waals surface area (Å²) < 4.78 is 5.31. The third-order valence-electron chi connectivity index (χ3n) is 5.18. The highest BCUT2D eigenvalue weighted by Crippen LogP contribution is 2.27. The van der Waals surface area contributed by atoms with Crippen molar-refractivity contribution in [3.8, 4) is 6.07 Å². The molecule has 1 aliphatic carbocycles. The molecule has 2 atom stereocenters. The maximum absolute atomic E-state index is 12.6. The summed E-state index contributed by atoms with van der Waals surface area (Å²) >= 11 is 0. The van der Waals surface area contributed by atoms with E-state index in [2.05, 4.69) is 22.0 Å². The molecule has 1 saturated carbocycles. The van der Waals surface area contributed by atoms with Crippen molar-refractivity contribution in [3.05, 3.63) is 30.3 Å². The van der Waals surface area contributed by atoms with Crippen molar-refractivity contribution in [2.75, 3.05) is 5.32 Å². The van der Waals surface area contributed by atoms with Crippen molar-refractivity contribution < 1.29 is 19.1 Å². The van der Waals surface area contributed by atoms with E-state index in [4.69, 9.17) is 4.74 Å². The Morgan fingerprint density at radius 2 is 1.70 bits per heavy atom. The number of rotatable bonds is 7.